The van der Waals surface area contributed by atoms with Crippen LogP contribution in [0.25, 0.3) is 10.1 Å². The molecule has 0 aliphatic carbocycles. The first-order valence-corrected chi connectivity index (χ1v) is 6.53. The Hall–Kier alpha value is -1.68. The standard InChI is InChI=1S/C14H14FNOS/c1-3-4-8-16-14(17)13-9(2)12-10(15)6-5-7-11(12)18-13/h3,5-7H,1,4,8H2,2H3,(H,16,17). The Morgan fingerprint density at radius 3 is 3.00 bits per heavy atom. The third-order valence-corrected chi connectivity index (χ3v) is 4.00. The summed E-state index contributed by atoms with van der Waals surface area (Å²) in [6.07, 6.45) is 2.47. The number of hydrogen-bond acceptors (Lipinski definition) is 2. The molecule has 2 aromatic rings. The average molecular weight is 263 g/mol. The number of nitrogens with one attached hydrogen (secondary N) is 1. The molecule has 0 spiro atoms. The summed E-state index contributed by atoms with van der Waals surface area (Å²) in [5.74, 6) is -0.415. The number of hydrogen-bond donors (Lipinski definition) is 1. The molecule has 0 saturated heterocycles. The van der Waals surface area contributed by atoms with Gasteiger partial charge in [0.25, 0.3) is 5.91 Å². The van der Waals surface area contributed by atoms with Crippen LogP contribution in [-0.2, 0) is 0 Å². The number of benzene rings is 1. The molecule has 18 heavy (non-hydrogen) atoms. The lowest BCUT2D eigenvalue weighted by atomic mass is 10.1. The molecule has 2 nitrogen and oxygen atoms in total. The van der Waals surface area contributed by atoms with Gasteiger partial charge in [-0.3, -0.25) is 4.79 Å². The van der Waals surface area contributed by atoms with Crippen LogP contribution in [0.15, 0.2) is 30.9 Å². The summed E-state index contributed by atoms with van der Waals surface area (Å²) in [7, 11) is 0. The molecule has 0 bridgehead atoms. The predicted octanol–water partition coefficient (Wildman–Crippen LogP) is 3.65. The number of thiophene rings is 1. The molecule has 1 amide bonds. The van der Waals surface area contributed by atoms with Crippen LogP contribution in [0.4, 0.5) is 4.39 Å². The fourth-order valence-electron chi connectivity index (χ4n) is 1.84. The summed E-state index contributed by atoms with van der Waals surface area (Å²) in [5, 5.41) is 3.35. The Balaban J connectivity index is 2.34. The van der Waals surface area contributed by atoms with Crippen molar-refractivity contribution in [3.05, 3.63) is 47.1 Å². The van der Waals surface area contributed by atoms with Crippen LogP contribution in [0.1, 0.15) is 21.7 Å². The van der Waals surface area contributed by atoms with E-state index < -0.39 is 0 Å². The lowest BCUT2D eigenvalue weighted by Crippen LogP contribution is -2.23. The van der Waals surface area contributed by atoms with Crippen LogP contribution in [0.5, 0.6) is 0 Å². The van der Waals surface area contributed by atoms with Crippen LogP contribution in [0.2, 0.25) is 0 Å². The Bertz CT molecular complexity index is 603. The Kier molecular flexibility index (Phi) is 3.77. The molecule has 1 heterocycles. The monoisotopic (exact) mass is 263 g/mol. The van der Waals surface area contributed by atoms with E-state index in [4.69, 9.17) is 0 Å². The lowest BCUT2D eigenvalue weighted by Gasteiger charge is -2.02. The van der Waals surface area contributed by atoms with Crippen molar-refractivity contribution in [3.63, 3.8) is 0 Å². The zero-order chi connectivity index (χ0) is 13.1. The van der Waals surface area contributed by atoms with Crippen molar-refractivity contribution >= 4 is 27.3 Å². The largest absolute Gasteiger partial charge is 0.351 e. The van der Waals surface area contributed by atoms with Crippen molar-refractivity contribution in [2.24, 2.45) is 0 Å². The van der Waals surface area contributed by atoms with Gasteiger partial charge in [0.1, 0.15) is 5.82 Å². The molecule has 1 N–H and O–H groups in total. The summed E-state index contributed by atoms with van der Waals surface area (Å²) in [5.41, 5.74) is 0.712. The van der Waals surface area contributed by atoms with Crippen molar-refractivity contribution < 1.29 is 9.18 Å². The number of rotatable bonds is 4. The van der Waals surface area contributed by atoms with Crippen molar-refractivity contribution in [3.8, 4) is 0 Å². The van der Waals surface area contributed by atoms with E-state index in [1.54, 1.807) is 19.1 Å². The van der Waals surface area contributed by atoms with E-state index in [0.717, 1.165) is 11.1 Å². The molecule has 1 aromatic heterocycles. The second-order valence-electron chi connectivity index (χ2n) is 4.00. The number of fused-ring (bicyclic) bond motifs is 1. The Morgan fingerprint density at radius 1 is 1.56 bits per heavy atom. The maximum Gasteiger partial charge on any atom is 0.261 e. The minimum Gasteiger partial charge on any atom is -0.351 e. The third-order valence-electron chi connectivity index (χ3n) is 2.74. The maximum atomic E-state index is 13.7. The quantitative estimate of drug-likeness (QED) is 0.662. The number of carbonyl (C=O) groups is 1. The van der Waals surface area contributed by atoms with Gasteiger partial charge < -0.3 is 5.32 Å². The normalized spacial score (nSPS) is 10.6. The highest BCUT2D eigenvalue weighted by atomic mass is 32.1. The number of amides is 1. The fourth-order valence-corrected chi connectivity index (χ4v) is 2.98. The molecule has 0 aliphatic rings. The summed E-state index contributed by atoms with van der Waals surface area (Å²) in [6.45, 7) is 5.93. The summed E-state index contributed by atoms with van der Waals surface area (Å²) < 4.78 is 14.5. The van der Waals surface area contributed by atoms with Gasteiger partial charge in [0.15, 0.2) is 0 Å². The highest BCUT2D eigenvalue weighted by Crippen LogP contribution is 2.32. The van der Waals surface area contributed by atoms with E-state index in [1.165, 1.54) is 17.4 Å². The number of halogens is 1. The van der Waals surface area contributed by atoms with E-state index in [-0.39, 0.29) is 11.7 Å². The second-order valence-corrected chi connectivity index (χ2v) is 5.05. The maximum absolute atomic E-state index is 13.7. The van der Waals surface area contributed by atoms with Gasteiger partial charge in [-0.1, -0.05) is 12.1 Å². The van der Waals surface area contributed by atoms with Crippen LogP contribution >= 0.6 is 11.3 Å². The van der Waals surface area contributed by atoms with Gasteiger partial charge in [-0.25, -0.2) is 4.39 Å². The smallest absolute Gasteiger partial charge is 0.261 e. The average Bonchev–Trinajstić information content (AvgIpc) is 2.68. The summed E-state index contributed by atoms with van der Waals surface area (Å²) in [4.78, 5) is 12.5. The van der Waals surface area contributed by atoms with Crippen LogP contribution in [0, 0.1) is 12.7 Å². The van der Waals surface area contributed by atoms with Gasteiger partial charge in [-0.05, 0) is 31.0 Å². The van der Waals surface area contributed by atoms with Gasteiger partial charge in [-0.15, -0.1) is 17.9 Å². The van der Waals surface area contributed by atoms with E-state index in [1.807, 2.05) is 6.07 Å². The SMILES string of the molecule is C=CCCNC(=O)c1sc2cccc(F)c2c1C. The molecule has 0 saturated carbocycles. The molecule has 0 unspecified atom stereocenters. The van der Waals surface area contributed by atoms with E-state index in [9.17, 15) is 9.18 Å². The number of carbonyl (C=O) groups excluding carboxylic acids is 1. The minimum atomic E-state index is -0.272. The Labute approximate surface area is 109 Å². The van der Waals surface area contributed by atoms with Gasteiger partial charge >= 0.3 is 0 Å². The first-order chi connectivity index (χ1) is 8.65. The fraction of sp³-hybridized carbons (Fsp3) is 0.214. The highest BCUT2D eigenvalue weighted by molar-refractivity contribution is 7.21. The number of aryl methyl sites for hydroxylation is 1. The van der Waals surface area contributed by atoms with Crippen LogP contribution in [0.3, 0.4) is 0 Å². The molecular formula is C14H14FNOS. The first kappa shape index (κ1) is 12.8. The molecule has 1 aromatic carbocycles. The highest BCUT2D eigenvalue weighted by Gasteiger charge is 2.16. The first-order valence-electron chi connectivity index (χ1n) is 5.72. The molecule has 94 valence electrons. The van der Waals surface area contributed by atoms with E-state index in [2.05, 4.69) is 11.9 Å². The van der Waals surface area contributed by atoms with E-state index in [0.29, 0.717) is 22.4 Å². The van der Waals surface area contributed by atoms with E-state index >= 15 is 0 Å². The molecular weight excluding hydrogens is 249 g/mol. The lowest BCUT2D eigenvalue weighted by molar-refractivity contribution is 0.0958. The zero-order valence-electron chi connectivity index (χ0n) is 10.1. The minimum absolute atomic E-state index is 0.144. The van der Waals surface area contributed by atoms with Gasteiger partial charge in [0, 0.05) is 16.6 Å². The topological polar surface area (TPSA) is 29.1 Å². The van der Waals surface area contributed by atoms with Gasteiger partial charge in [0.2, 0.25) is 0 Å². The predicted molar refractivity (Wildman–Crippen MR) is 73.7 cm³/mol. The molecule has 0 aliphatic heterocycles. The van der Waals surface area contributed by atoms with Crippen molar-refractivity contribution in [1.82, 2.24) is 5.32 Å². The Morgan fingerprint density at radius 2 is 2.33 bits per heavy atom. The van der Waals surface area contributed by atoms with Crippen LogP contribution < -0.4 is 5.32 Å². The molecule has 0 radical (unpaired) electrons. The molecule has 0 atom stereocenters. The third kappa shape index (κ3) is 2.29. The van der Waals surface area contributed by atoms with Crippen molar-refractivity contribution in [2.75, 3.05) is 6.54 Å². The molecule has 2 rings (SSSR count). The summed E-state index contributed by atoms with van der Waals surface area (Å²) >= 11 is 1.33. The van der Waals surface area contributed by atoms with Gasteiger partial charge in [0.05, 0.1) is 4.88 Å². The van der Waals surface area contributed by atoms with Crippen molar-refractivity contribution in [2.45, 2.75) is 13.3 Å². The summed E-state index contributed by atoms with van der Waals surface area (Å²) in [6, 6.07) is 4.91. The van der Waals surface area contributed by atoms with Crippen molar-refractivity contribution in [1.29, 1.82) is 0 Å². The molecule has 0 fully saturated rings. The molecule has 4 heteroatoms. The zero-order valence-corrected chi connectivity index (χ0v) is 10.9. The van der Waals surface area contributed by atoms with Crippen LogP contribution in [-0.4, -0.2) is 12.5 Å². The second kappa shape index (κ2) is 5.31. The van der Waals surface area contributed by atoms with Gasteiger partial charge in [-0.2, -0.15) is 0 Å².